The lowest BCUT2D eigenvalue weighted by atomic mass is 9.82. The molecule has 28 heavy (non-hydrogen) atoms. The van der Waals surface area contributed by atoms with Crippen LogP contribution in [0.2, 0.25) is 0 Å². The van der Waals surface area contributed by atoms with Gasteiger partial charge in [-0.25, -0.2) is 0 Å². The quantitative estimate of drug-likeness (QED) is 0.792. The Labute approximate surface area is 167 Å². The Balaban J connectivity index is 1.71. The summed E-state index contributed by atoms with van der Waals surface area (Å²) in [6, 6.07) is 14.2. The smallest absolute Gasteiger partial charge is 0.232 e. The summed E-state index contributed by atoms with van der Waals surface area (Å²) in [6.07, 6.45) is 0. The number of carbonyl (C=O) groups is 1. The standard InChI is InChI=1S/C23H30N2O3/c1-17-7-6-8-19(15-17)24-11-13-25(14-12-24)22(26)23(2,3)18-9-10-20(27-4)21(16-18)28-5/h6-10,15-16H,11-14H2,1-5H3. The third-order valence-electron chi connectivity index (χ3n) is 5.57. The number of hydrogen-bond acceptors (Lipinski definition) is 4. The van der Waals surface area contributed by atoms with Crippen LogP contribution in [0.5, 0.6) is 11.5 Å². The first-order valence-corrected chi connectivity index (χ1v) is 9.70. The van der Waals surface area contributed by atoms with Crippen molar-refractivity contribution in [2.45, 2.75) is 26.2 Å². The number of anilines is 1. The number of ether oxygens (including phenoxy) is 2. The largest absolute Gasteiger partial charge is 0.493 e. The molecular weight excluding hydrogens is 352 g/mol. The number of benzene rings is 2. The van der Waals surface area contributed by atoms with Gasteiger partial charge in [0, 0.05) is 31.9 Å². The number of aryl methyl sites for hydroxylation is 1. The van der Waals surface area contributed by atoms with Gasteiger partial charge in [-0.1, -0.05) is 18.2 Å². The van der Waals surface area contributed by atoms with Gasteiger partial charge in [-0.15, -0.1) is 0 Å². The molecule has 1 amide bonds. The van der Waals surface area contributed by atoms with Crippen LogP contribution in [0.4, 0.5) is 5.69 Å². The van der Waals surface area contributed by atoms with E-state index >= 15 is 0 Å². The van der Waals surface area contributed by atoms with Crippen LogP contribution in [-0.4, -0.2) is 51.2 Å². The van der Waals surface area contributed by atoms with E-state index in [9.17, 15) is 4.79 Å². The third kappa shape index (κ3) is 3.93. The summed E-state index contributed by atoms with van der Waals surface area (Å²) in [5.41, 5.74) is 2.78. The lowest BCUT2D eigenvalue weighted by Crippen LogP contribution is -2.53. The van der Waals surface area contributed by atoms with Crippen molar-refractivity contribution in [3.05, 3.63) is 53.6 Å². The second-order valence-corrected chi connectivity index (χ2v) is 7.81. The highest BCUT2D eigenvalue weighted by atomic mass is 16.5. The predicted molar refractivity (Wildman–Crippen MR) is 113 cm³/mol. The minimum absolute atomic E-state index is 0.142. The zero-order valence-electron chi connectivity index (χ0n) is 17.5. The molecule has 150 valence electrons. The zero-order valence-corrected chi connectivity index (χ0v) is 17.5. The molecule has 0 aliphatic carbocycles. The first-order chi connectivity index (χ1) is 13.4. The third-order valence-corrected chi connectivity index (χ3v) is 5.57. The van der Waals surface area contributed by atoms with E-state index in [1.54, 1.807) is 14.2 Å². The van der Waals surface area contributed by atoms with Gasteiger partial charge in [-0.05, 0) is 56.2 Å². The molecule has 2 aromatic rings. The van der Waals surface area contributed by atoms with Crippen molar-refractivity contribution >= 4 is 11.6 Å². The second-order valence-electron chi connectivity index (χ2n) is 7.81. The first kappa shape index (κ1) is 20.1. The van der Waals surface area contributed by atoms with Crippen molar-refractivity contribution in [1.82, 2.24) is 4.90 Å². The lowest BCUT2D eigenvalue weighted by molar-refractivity contribution is -0.136. The van der Waals surface area contributed by atoms with E-state index in [1.807, 2.05) is 36.9 Å². The molecule has 2 aromatic carbocycles. The van der Waals surface area contributed by atoms with Gasteiger partial charge in [-0.3, -0.25) is 4.79 Å². The Morgan fingerprint density at radius 1 is 0.929 bits per heavy atom. The Kier molecular flexibility index (Phi) is 5.82. The number of methoxy groups -OCH3 is 2. The molecule has 5 heteroatoms. The summed E-state index contributed by atoms with van der Waals surface area (Å²) in [4.78, 5) is 17.6. The number of hydrogen-bond donors (Lipinski definition) is 0. The fourth-order valence-electron chi connectivity index (χ4n) is 3.74. The summed E-state index contributed by atoms with van der Waals surface area (Å²) >= 11 is 0. The highest BCUT2D eigenvalue weighted by Gasteiger charge is 2.35. The van der Waals surface area contributed by atoms with Crippen LogP contribution >= 0.6 is 0 Å². The maximum Gasteiger partial charge on any atom is 0.232 e. The molecule has 1 aliphatic heterocycles. The van der Waals surface area contributed by atoms with E-state index < -0.39 is 5.41 Å². The van der Waals surface area contributed by atoms with Crippen molar-refractivity contribution in [1.29, 1.82) is 0 Å². The van der Waals surface area contributed by atoms with Crippen LogP contribution < -0.4 is 14.4 Å². The normalized spacial score (nSPS) is 14.8. The monoisotopic (exact) mass is 382 g/mol. The summed E-state index contributed by atoms with van der Waals surface area (Å²) in [7, 11) is 3.22. The van der Waals surface area contributed by atoms with Crippen molar-refractivity contribution in [2.24, 2.45) is 0 Å². The summed E-state index contributed by atoms with van der Waals surface area (Å²) < 4.78 is 10.7. The first-order valence-electron chi connectivity index (χ1n) is 9.70. The zero-order chi connectivity index (χ0) is 20.3. The molecule has 0 spiro atoms. The van der Waals surface area contributed by atoms with Crippen molar-refractivity contribution in [3.63, 3.8) is 0 Å². The number of carbonyl (C=O) groups excluding carboxylic acids is 1. The van der Waals surface area contributed by atoms with Crippen molar-refractivity contribution in [3.8, 4) is 11.5 Å². The summed E-state index contributed by atoms with van der Waals surface area (Å²) in [5, 5.41) is 0. The van der Waals surface area contributed by atoms with E-state index in [4.69, 9.17) is 9.47 Å². The van der Waals surface area contributed by atoms with Crippen molar-refractivity contribution < 1.29 is 14.3 Å². The minimum atomic E-state index is -0.634. The molecule has 0 N–H and O–H groups in total. The Hall–Kier alpha value is -2.69. The van der Waals surface area contributed by atoms with Gasteiger partial charge in [-0.2, -0.15) is 0 Å². The summed E-state index contributed by atoms with van der Waals surface area (Å²) in [6.45, 7) is 9.20. The fourth-order valence-corrected chi connectivity index (χ4v) is 3.74. The minimum Gasteiger partial charge on any atom is -0.493 e. The van der Waals surface area contributed by atoms with Crippen LogP contribution in [0.1, 0.15) is 25.0 Å². The molecule has 1 heterocycles. The maximum atomic E-state index is 13.3. The number of nitrogens with zero attached hydrogens (tertiary/aromatic N) is 2. The fraction of sp³-hybridized carbons (Fsp3) is 0.435. The van der Waals surface area contributed by atoms with Crippen LogP contribution in [0, 0.1) is 6.92 Å². The van der Waals surface area contributed by atoms with E-state index in [0.29, 0.717) is 11.5 Å². The van der Waals surface area contributed by atoms with Gasteiger partial charge in [0.2, 0.25) is 5.91 Å². The molecule has 5 nitrogen and oxygen atoms in total. The SMILES string of the molecule is COc1ccc(C(C)(C)C(=O)N2CCN(c3cccc(C)c3)CC2)cc1OC. The number of amides is 1. The highest BCUT2D eigenvalue weighted by Crippen LogP contribution is 2.34. The van der Waals surface area contributed by atoms with Gasteiger partial charge in [0.05, 0.1) is 19.6 Å². The number of rotatable bonds is 5. The number of piperazine rings is 1. The Morgan fingerprint density at radius 3 is 2.21 bits per heavy atom. The van der Waals surface area contributed by atoms with E-state index in [1.165, 1.54) is 11.3 Å². The van der Waals surface area contributed by atoms with E-state index in [0.717, 1.165) is 31.7 Å². The average molecular weight is 383 g/mol. The average Bonchev–Trinajstić information content (AvgIpc) is 2.72. The molecule has 0 aromatic heterocycles. The molecule has 1 saturated heterocycles. The molecule has 0 saturated carbocycles. The Bertz CT molecular complexity index is 839. The van der Waals surface area contributed by atoms with Crippen LogP contribution in [0.15, 0.2) is 42.5 Å². The van der Waals surface area contributed by atoms with E-state index in [-0.39, 0.29) is 5.91 Å². The molecule has 0 unspecified atom stereocenters. The maximum absolute atomic E-state index is 13.3. The molecular formula is C23H30N2O3. The topological polar surface area (TPSA) is 42.0 Å². The van der Waals surface area contributed by atoms with Crippen LogP contribution in [0.25, 0.3) is 0 Å². The predicted octanol–water partition coefficient (Wildman–Crippen LogP) is 3.64. The van der Waals surface area contributed by atoms with Gasteiger partial charge >= 0.3 is 0 Å². The summed E-state index contributed by atoms with van der Waals surface area (Å²) in [5.74, 6) is 1.45. The molecule has 0 atom stereocenters. The molecule has 1 aliphatic rings. The van der Waals surface area contributed by atoms with Gasteiger partial charge in [0.15, 0.2) is 11.5 Å². The molecule has 0 radical (unpaired) electrons. The molecule has 3 rings (SSSR count). The lowest BCUT2D eigenvalue weighted by Gasteiger charge is -2.39. The van der Waals surface area contributed by atoms with Crippen LogP contribution in [0.3, 0.4) is 0 Å². The van der Waals surface area contributed by atoms with Gasteiger partial charge in [0.1, 0.15) is 0 Å². The molecule has 0 bridgehead atoms. The highest BCUT2D eigenvalue weighted by molar-refractivity contribution is 5.88. The van der Waals surface area contributed by atoms with Crippen molar-refractivity contribution in [2.75, 3.05) is 45.3 Å². The van der Waals surface area contributed by atoms with Gasteiger partial charge < -0.3 is 19.3 Å². The second kappa shape index (κ2) is 8.13. The molecule has 1 fully saturated rings. The van der Waals surface area contributed by atoms with Crippen LogP contribution in [-0.2, 0) is 10.2 Å². The van der Waals surface area contributed by atoms with E-state index in [2.05, 4.69) is 36.1 Å². The Morgan fingerprint density at radius 2 is 1.61 bits per heavy atom. The van der Waals surface area contributed by atoms with Gasteiger partial charge in [0.25, 0.3) is 0 Å².